The summed E-state index contributed by atoms with van der Waals surface area (Å²) >= 11 is 0. The van der Waals surface area contributed by atoms with Crippen LogP contribution in [0.1, 0.15) is 32.8 Å². The molecule has 2 aromatic heterocycles. The average molecular weight is 316 g/mol. The van der Waals surface area contributed by atoms with Gasteiger partial charge in [0.05, 0.1) is 0 Å². The first kappa shape index (κ1) is 15.8. The SMILES string of the molecule is CC(C)(C)OC(=O)N1CCC(NCc2c[nH]c3ncccc23)C1. The van der Waals surface area contributed by atoms with Crippen molar-refractivity contribution in [3.63, 3.8) is 0 Å². The van der Waals surface area contributed by atoms with Crippen molar-refractivity contribution in [3.8, 4) is 0 Å². The highest BCUT2D eigenvalue weighted by Gasteiger charge is 2.29. The molecule has 0 bridgehead atoms. The molecular weight excluding hydrogens is 292 g/mol. The molecule has 0 radical (unpaired) electrons. The average Bonchev–Trinajstić information content (AvgIpc) is 3.10. The van der Waals surface area contributed by atoms with Crippen molar-refractivity contribution in [1.29, 1.82) is 0 Å². The molecule has 1 fully saturated rings. The van der Waals surface area contributed by atoms with Gasteiger partial charge in [0.2, 0.25) is 0 Å². The maximum absolute atomic E-state index is 12.1. The Morgan fingerprint density at radius 3 is 3.13 bits per heavy atom. The van der Waals surface area contributed by atoms with Gasteiger partial charge < -0.3 is 19.9 Å². The van der Waals surface area contributed by atoms with Crippen molar-refractivity contribution in [1.82, 2.24) is 20.2 Å². The third-order valence-corrected chi connectivity index (χ3v) is 3.96. The number of carbonyl (C=O) groups excluding carboxylic acids is 1. The first-order valence-electron chi connectivity index (χ1n) is 8.05. The van der Waals surface area contributed by atoms with Crippen molar-refractivity contribution in [2.24, 2.45) is 0 Å². The minimum atomic E-state index is -0.445. The number of carbonyl (C=O) groups is 1. The zero-order valence-corrected chi connectivity index (χ0v) is 13.9. The number of nitrogens with one attached hydrogen (secondary N) is 2. The van der Waals surface area contributed by atoms with E-state index in [1.54, 1.807) is 11.1 Å². The summed E-state index contributed by atoms with van der Waals surface area (Å²) in [6.45, 7) is 7.86. The van der Waals surface area contributed by atoms with Crippen molar-refractivity contribution < 1.29 is 9.53 Å². The van der Waals surface area contributed by atoms with Gasteiger partial charge in [-0.3, -0.25) is 0 Å². The van der Waals surface area contributed by atoms with Crippen LogP contribution in [0, 0.1) is 0 Å². The van der Waals surface area contributed by atoms with Crippen molar-refractivity contribution >= 4 is 17.1 Å². The number of aromatic nitrogens is 2. The van der Waals surface area contributed by atoms with Crippen molar-refractivity contribution in [3.05, 3.63) is 30.1 Å². The summed E-state index contributed by atoms with van der Waals surface area (Å²) in [5.74, 6) is 0. The lowest BCUT2D eigenvalue weighted by molar-refractivity contribution is 0.0291. The van der Waals surface area contributed by atoms with Crippen LogP contribution in [-0.2, 0) is 11.3 Å². The van der Waals surface area contributed by atoms with Crippen molar-refractivity contribution in [2.45, 2.75) is 45.4 Å². The molecule has 1 atom stereocenters. The lowest BCUT2D eigenvalue weighted by Gasteiger charge is -2.24. The predicted octanol–water partition coefficient (Wildman–Crippen LogP) is 2.66. The normalized spacial score (nSPS) is 18.6. The van der Waals surface area contributed by atoms with Crippen LogP contribution in [-0.4, -0.2) is 45.7 Å². The number of nitrogens with zero attached hydrogens (tertiary/aromatic N) is 2. The third-order valence-electron chi connectivity index (χ3n) is 3.96. The highest BCUT2D eigenvalue weighted by molar-refractivity contribution is 5.79. The number of ether oxygens (including phenoxy) is 1. The Morgan fingerprint density at radius 2 is 2.35 bits per heavy atom. The second-order valence-corrected chi connectivity index (χ2v) is 7.01. The summed E-state index contributed by atoms with van der Waals surface area (Å²) in [5.41, 5.74) is 1.66. The topological polar surface area (TPSA) is 70.2 Å². The van der Waals surface area contributed by atoms with Gasteiger partial charge in [0.1, 0.15) is 11.2 Å². The van der Waals surface area contributed by atoms with E-state index in [1.165, 1.54) is 5.56 Å². The van der Waals surface area contributed by atoms with Crippen LogP contribution in [0.5, 0.6) is 0 Å². The molecule has 2 aromatic rings. The molecule has 1 aliphatic rings. The summed E-state index contributed by atoms with van der Waals surface area (Å²) in [5, 5.41) is 4.67. The lowest BCUT2D eigenvalue weighted by atomic mass is 10.2. The molecule has 1 aliphatic heterocycles. The van der Waals surface area contributed by atoms with Gasteiger partial charge in [0, 0.05) is 43.5 Å². The summed E-state index contributed by atoms with van der Waals surface area (Å²) in [4.78, 5) is 21.3. The summed E-state index contributed by atoms with van der Waals surface area (Å²) in [6.07, 6.45) is 4.50. The van der Waals surface area contributed by atoms with E-state index in [4.69, 9.17) is 4.74 Å². The van der Waals surface area contributed by atoms with Crippen LogP contribution in [0.2, 0.25) is 0 Å². The van der Waals surface area contributed by atoms with Gasteiger partial charge in [-0.1, -0.05) is 0 Å². The van der Waals surface area contributed by atoms with Gasteiger partial charge in [-0.25, -0.2) is 9.78 Å². The fourth-order valence-electron chi connectivity index (χ4n) is 2.83. The van der Waals surface area contributed by atoms with E-state index in [0.717, 1.165) is 30.5 Å². The van der Waals surface area contributed by atoms with Gasteiger partial charge in [-0.15, -0.1) is 0 Å². The van der Waals surface area contributed by atoms with E-state index in [9.17, 15) is 4.79 Å². The van der Waals surface area contributed by atoms with E-state index in [2.05, 4.69) is 21.4 Å². The van der Waals surface area contributed by atoms with Crippen LogP contribution >= 0.6 is 0 Å². The Hall–Kier alpha value is -2.08. The van der Waals surface area contributed by atoms with E-state index >= 15 is 0 Å². The third kappa shape index (κ3) is 3.82. The van der Waals surface area contributed by atoms with Crippen LogP contribution < -0.4 is 5.32 Å². The second kappa shape index (κ2) is 6.20. The number of rotatable bonds is 3. The molecule has 1 unspecified atom stereocenters. The highest BCUT2D eigenvalue weighted by atomic mass is 16.6. The predicted molar refractivity (Wildman–Crippen MR) is 89.1 cm³/mol. The van der Waals surface area contributed by atoms with Crippen LogP contribution in [0.25, 0.3) is 11.0 Å². The first-order valence-corrected chi connectivity index (χ1v) is 8.05. The Bertz CT molecular complexity index is 689. The molecule has 6 nitrogen and oxygen atoms in total. The van der Waals surface area contributed by atoms with Gasteiger partial charge in [-0.2, -0.15) is 0 Å². The lowest BCUT2D eigenvalue weighted by Crippen LogP contribution is -2.38. The van der Waals surface area contributed by atoms with Gasteiger partial charge in [-0.05, 0) is 44.9 Å². The van der Waals surface area contributed by atoms with E-state index in [1.807, 2.05) is 33.0 Å². The second-order valence-electron chi connectivity index (χ2n) is 7.01. The Balaban J connectivity index is 1.53. The number of H-pyrrole nitrogens is 1. The zero-order chi connectivity index (χ0) is 16.4. The van der Waals surface area contributed by atoms with Crippen LogP contribution in [0.4, 0.5) is 4.79 Å². The molecule has 124 valence electrons. The fourth-order valence-corrected chi connectivity index (χ4v) is 2.83. The molecule has 2 N–H and O–H groups in total. The minimum Gasteiger partial charge on any atom is -0.444 e. The van der Waals surface area contributed by atoms with Crippen LogP contribution in [0.15, 0.2) is 24.5 Å². The maximum atomic E-state index is 12.1. The molecule has 0 saturated carbocycles. The molecule has 0 aromatic carbocycles. The molecule has 1 saturated heterocycles. The number of aromatic amines is 1. The number of pyridine rings is 1. The smallest absolute Gasteiger partial charge is 0.410 e. The molecule has 3 rings (SSSR count). The monoisotopic (exact) mass is 316 g/mol. The Morgan fingerprint density at radius 1 is 1.52 bits per heavy atom. The molecular formula is C17H24N4O2. The first-order chi connectivity index (χ1) is 10.9. The van der Waals surface area contributed by atoms with E-state index < -0.39 is 5.60 Å². The molecule has 0 spiro atoms. The minimum absolute atomic E-state index is 0.224. The molecule has 23 heavy (non-hydrogen) atoms. The fraction of sp³-hybridized carbons (Fsp3) is 0.529. The Kier molecular flexibility index (Phi) is 4.26. The molecule has 0 aliphatic carbocycles. The quantitative estimate of drug-likeness (QED) is 0.913. The van der Waals surface area contributed by atoms with E-state index in [-0.39, 0.29) is 6.09 Å². The molecule has 1 amide bonds. The number of amides is 1. The highest BCUT2D eigenvalue weighted by Crippen LogP contribution is 2.18. The largest absolute Gasteiger partial charge is 0.444 e. The number of likely N-dealkylation sites (tertiary alicyclic amines) is 1. The van der Waals surface area contributed by atoms with E-state index in [0.29, 0.717) is 12.6 Å². The summed E-state index contributed by atoms with van der Waals surface area (Å²) in [7, 11) is 0. The Labute approximate surface area is 136 Å². The maximum Gasteiger partial charge on any atom is 0.410 e. The number of hydrogen-bond acceptors (Lipinski definition) is 4. The number of fused-ring (bicyclic) bond motifs is 1. The zero-order valence-electron chi connectivity index (χ0n) is 13.9. The molecule has 6 heteroatoms. The summed E-state index contributed by atoms with van der Waals surface area (Å²) in [6, 6.07) is 4.31. The van der Waals surface area contributed by atoms with Gasteiger partial charge >= 0.3 is 6.09 Å². The number of hydrogen-bond donors (Lipinski definition) is 2. The van der Waals surface area contributed by atoms with Crippen LogP contribution in [0.3, 0.4) is 0 Å². The van der Waals surface area contributed by atoms with Crippen molar-refractivity contribution in [2.75, 3.05) is 13.1 Å². The standard InChI is InChI=1S/C17H24N4O2/c1-17(2,3)23-16(22)21-8-6-13(11-21)19-9-12-10-20-15-14(12)5-4-7-18-15/h4-5,7,10,13,19H,6,8-9,11H2,1-3H3,(H,18,20). The van der Waals surface area contributed by atoms with Gasteiger partial charge in [0.15, 0.2) is 0 Å². The summed E-state index contributed by atoms with van der Waals surface area (Å²) < 4.78 is 5.42. The molecule has 3 heterocycles. The van der Waals surface area contributed by atoms with Gasteiger partial charge in [0.25, 0.3) is 0 Å².